The van der Waals surface area contributed by atoms with E-state index in [1.807, 2.05) is 42.9 Å². The molecule has 0 spiro atoms. The number of carbonyl (C=O) groups excluding carboxylic acids is 2. The van der Waals surface area contributed by atoms with Crippen molar-refractivity contribution in [2.24, 2.45) is 0 Å². The second-order valence-electron chi connectivity index (χ2n) is 5.12. The minimum Gasteiger partial charge on any atom is -0.320 e. The molecule has 1 aromatic heterocycles. The third-order valence-electron chi connectivity index (χ3n) is 3.40. The highest BCUT2D eigenvalue weighted by Gasteiger charge is 2.21. The van der Waals surface area contributed by atoms with Crippen molar-refractivity contribution in [2.75, 3.05) is 5.32 Å². The highest BCUT2D eigenvalue weighted by atomic mass is 16.2. The van der Waals surface area contributed by atoms with Gasteiger partial charge >= 0.3 is 0 Å². The summed E-state index contributed by atoms with van der Waals surface area (Å²) in [6, 6.07) is 10.5. The van der Waals surface area contributed by atoms with Crippen LogP contribution in [0.2, 0.25) is 0 Å². The highest BCUT2D eigenvalue weighted by molar-refractivity contribution is 5.96. The van der Waals surface area contributed by atoms with Crippen LogP contribution < -0.4 is 9.88 Å². The third kappa shape index (κ3) is 3.75. The summed E-state index contributed by atoms with van der Waals surface area (Å²) in [7, 11) is 0. The van der Waals surface area contributed by atoms with E-state index in [-0.39, 0.29) is 17.7 Å². The van der Waals surface area contributed by atoms with Crippen molar-refractivity contribution in [3.63, 3.8) is 0 Å². The number of aromatic nitrogens is 1. The van der Waals surface area contributed by atoms with Crippen LogP contribution >= 0.6 is 0 Å². The second kappa shape index (κ2) is 6.31. The molecule has 0 aliphatic carbocycles. The molecule has 1 N–H and O–H groups in total. The van der Waals surface area contributed by atoms with Gasteiger partial charge in [-0.2, -0.15) is 4.57 Å². The summed E-state index contributed by atoms with van der Waals surface area (Å²) in [6.45, 7) is 5.37. The average molecular weight is 283 g/mol. The number of hydrogen-bond donors (Lipinski definition) is 1. The molecule has 1 aromatic carbocycles. The van der Waals surface area contributed by atoms with Crippen LogP contribution in [0.1, 0.15) is 35.8 Å². The topological polar surface area (TPSA) is 50.1 Å². The lowest BCUT2D eigenvalue weighted by Crippen LogP contribution is -2.43. The summed E-state index contributed by atoms with van der Waals surface area (Å²) in [5, 5.41) is 2.85. The summed E-state index contributed by atoms with van der Waals surface area (Å²) in [4.78, 5) is 23.4. The molecule has 0 aliphatic rings. The molecule has 0 fully saturated rings. The third-order valence-corrected chi connectivity index (χ3v) is 3.40. The maximum Gasteiger partial charge on any atom is 0.293 e. The van der Waals surface area contributed by atoms with E-state index in [4.69, 9.17) is 0 Å². The first-order chi connectivity index (χ1) is 9.97. The van der Waals surface area contributed by atoms with Crippen LogP contribution in [0.25, 0.3) is 0 Å². The van der Waals surface area contributed by atoms with Crippen LogP contribution in [0.5, 0.6) is 0 Å². The van der Waals surface area contributed by atoms with Crippen LogP contribution in [0, 0.1) is 6.92 Å². The summed E-state index contributed by atoms with van der Waals surface area (Å²) in [6.07, 6.45) is 3.77. The number of nitrogens with zero attached hydrogens (tertiary/aromatic N) is 1. The van der Waals surface area contributed by atoms with Crippen LogP contribution in [-0.2, 0) is 4.79 Å². The quantitative estimate of drug-likeness (QED) is 0.693. The lowest BCUT2D eigenvalue weighted by atomic mass is 10.1. The number of ketones is 1. The Kier molecular flexibility index (Phi) is 4.48. The molecule has 4 heteroatoms. The fraction of sp³-hybridized carbons (Fsp3) is 0.235. The van der Waals surface area contributed by atoms with Gasteiger partial charge in [0.25, 0.3) is 5.91 Å². The smallest absolute Gasteiger partial charge is 0.293 e. The van der Waals surface area contributed by atoms with Crippen molar-refractivity contribution in [3.8, 4) is 0 Å². The Bertz CT molecular complexity index is 645. The van der Waals surface area contributed by atoms with Gasteiger partial charge in [0.1, 0.15) is 0 Å². The Balaban J connectivity index is 2.06. The molecule has 21 heavy (non-hydrogen) atoms. The van der Waals surface area contributed by atoms with Gasteiger partial charge in [0, 0.05) is 30.3 Å². The standard InChI is InChI=1S/C17H18N2O2/c1-12-8-10-19(11-9-12)13(2)17(21)18-16-6-4-15(5-7-16)14(3)20/h4-11,13H,1-3H3/p+1/t13-/m0/s1. The lowest BCUT2D eigenvalue weighted by Gasteiger charge is -2.09. The van der Waals surface area contributed by atoms with E-state index in [1.165, 1.54) is 6.92 Å². The molecule has 0 bridgehead atoms. The minimum absolute atomic E-state index is 0.0106. The molecule has 0 aliphatic heterocycles. The van der Waals surface area contributed by atoms with Crippen LogP contribution in [-0.4, -0.2) is 11.7 Å². The van der Waals surface area contributed by atoms with Crippen molar-refractivity contribution in [1.82, 2.24) is 0 Å². The van der Waals surface area contributed by atoms with Crippen LogP contribution in [0.3, 0.4) is 0 Å². The van der Waals surface area contributed by atoms with E-state index in [9.17, 15) is 9.59 Å². The zero-order chi connectivity index (χ0) is 15.4. The number of pyridine rings is 1. The summed E-state index contributed by atoms with van der Waals surface area (Å²) >= 11 is 0. The van der Waals surface area contributed by atoms with Gasteiger partial charge in [-0.1, -0.05) is 0 Å². The van der Waals surface area contributed by atoms with Gasteiger partial charge < -0.3 is 5.32 Å². The molecule has 1 amide bonds. The van der Waals surface area contributed by atoms with Gasteiger partial charge in [0.15, 0.2) is 18.2 Å². The van der Waals surface area contributed by atoms with Crippen LogP contribution in [0.4, 0.5) is 5.69 Å². The highest BCUT2D eigenvalue weighted by Crippen LogP contribution is 2.11. The molecule has 2 aromatic rings. The van der Waals surface area contributed by atoms with E-state index < -0.39 is 0 Å². The minimum atomic E-state index is -0.307. The zero-order valence-electron chi connectivity index (χ0n) is 12.5. The van der Waals surface area contributed by atoms with Crippen molar-refractivity contribution >= 4 is 17.4 Å². The van der Waals surface area contributed by atoms with Crippen molar-refractivity contribution in [3.05, 3.63) is 59.9 Å². The van der Waals surface area contributed by atoms with Gasteiger partial charge in [0.05, 0.1) is 0 Å². The number of aryl methyl sites for hydroxylation is 1. The molecule has 2 rings (SSSR count). The van der Waals surface area contributed by atoms with Crippen molar-refractivity contribution < 1.29 is 14.2 Å². The maximum atomic E-state index is 12.2. The Morgan fingerprint density at radius 2 is 1.62 bits per heavy atom. The Morgan fingerprint density at radius 3 is 2.14 bits per heavy atom. The Morgan fingerprint density at radius 1 is 1.05 bits per heavy atom. The first-order valence-electron chi connectivity index (χ1n) is 6.86. The van der Waals surface area contributed by atoms with Gasteiger partial charge in [-0.3, -0.25) is 9.59 Å². The molecule has 1 heterocycles. The van der Waals surface area contributed by atoms with E-state index in [1.54, 1.807) is 24.3 Å². The maximum absolute atomic E-state index is 12.2. The largest absolute Gasteiger partial charge is 0.320 e. The van der Waals surface area contributed by atoms with E-state index in [0.29, 0.717) is 11.3 Å². The second-order valence-corrected chi connectivity index (χ2v) is 5.12. The van der Waals surface area contributed by atoms with E-state index in [2.05, 4.69) is 5.32 Å². The predicted molar refractivity (Wildman–Crippen MR) is 81.2 cm³/mol. The molecule has 1 atom stereocenters. The van der Waals surface area contributed by atoms with Gasteiger partial charge in [-0.15, -0.1) is 0 Å². The molecule has 0 saturated heterocycles. The molecule has 4 nitrogen and oxygen atoms in total. The van der Waals surface area contributed by atoms with Gasteiger partial charge in [-0.25, -0.2) is 0 Å². The van der Waals surface area contributed by atoms with E-state index in [0.717, 1.165) is 5.56 Å². The van der Waals surface area contributed by atoms with Crippen molar-refractivity contribution in [1.29, 1.82) is 0 Å². The SMILES string of the molecule is CC(=O)c1ccc(NC(=O)[C@H](C)[n+]2ccc(C)cc2)cc1. The molecular formula is C17H19N2O2+. The molecule has 0 unspecified atom stereocenters. The van der Waals surface area contributed by atoms with Gasteiger partial charge in [0.2, 0.25) is 6.04 Å². The average Bonchev–Trinajstić information content (AvgIpc) is 2.47. The fourth-order valence-electron chi connectivity index (χ4n) is 1.94. The summed E-state index contributed by atoms with van der Waals surface area (Å²) in [5.41, 5.74) is 2.47. The number of amides is 1. The predicted octanol–water partition coefficient (Wildman–Crippen LogP) is 2.68. The van der Waals surface area contributed by atoms with Crippen molar-refractivity contribution in [2.45, 2.75) is 26.8 Å². The molecule has 0 radical (unpaired) electrons. The number of hydrogen-bond acceptors (Lipinski definition) is 2. The Hall–Kier alpha value is -2.49. The number of anilines is 1. The van der Waals surface area contributed by atoms with Gasteiger partial charge in [-0.05, 0) is 43.7 Å². The normalized spacial score (nSPS) is 11.8. The number of benzene rings is 1. The molecular weight excluding hydrogens is 264 g/mol. The first-order valence-corrected chi connectivity index (χ1v) is 6.86. The Labute approximate surface area is 124 Å². The molecule has 0 saturated carbocycles. The molecule has 108 valence electrons. The number of carbonyl (C=O) groups is 2. The number of nitrogens with one attached hydrogen (secondary N) is 1. The lowest BCUT2D eigenvalue weighted by molar-refractivity contribution is -0.705. The van der Waals surface area contributed by atoms with Crippen LogP contribution in [0.15, 0.2) is 48.8 Å². The summed E-state index contributed by atoms with van der Waals surface area (Å²) < 4.78 is 1.85. The zero-order valence-corrected chi connectivity index (χ0v) is 12.5. The number of rotatable bonds is 4. The summed E-state index contributed by atoms with van der Waals surface area (Å²) in [5.74, 6) is -0.0871. The van der Waals surface area contributed by atoms with E-state index >= 15 is 0 Å². The number of Topliss-reactive ketones (excluding diaryl/α,β-unsaturated/α-hetero) is 1. The first kappa shape index (κ1) is 14.9. The fourth-order valence-corrected chi connectivity index (χ4v) is 1.94. The monoisotopic (exact) mass is 283 g/mol.